The van der Waals surface area contributed by atoms with Gasteiger partial charge in [0.1, 0.15) is 12.1 Å². The first kappa shape index (κ1) is 61.7. The van der Waals surface area contributed by atoms with E-state index in [2.05, 4.69) is 50.2 Å². The van der Waals surface area contributed by atoms with E-state index in [4.69, 9.17) is 20.9 Å². The number of nitrogens with zero attached hydrogens (tertiary/aromatic N) is 3. The molecule has 0 saturated carbocycles. The highest BCUT2D eigenvalue weighted by atomic mass is 32.1. The molecule has 0 radical (unpaired) electrons. The number of aliphatic hydroxyl groups excluding tert-OH is 1. The van der Waals surface area contributed by atoms with Gasteiger partial charge in [0.2, 0.25) is 29.5 Å². The number of aliphatic hydroxyl groups is 1. The van der Waals surface area contributed by atoms with Crippen LogP contribution in [0.3, 0.4) is 0 Å². The molecule has 1 aromatic carbocycles. The largest absolute Gasteiger partial charge is 0.469 e. The lowest BCUT2D eigenvalue weighted by molar-refractivity contribution is -0.140. The zero-order valence-electron chi connectivity index (χ0n) is 41.7. The van der Waals surface area contributed by atoms with Crippen LogP contribution in [-0.4, -0.2) is 153 Å². The molecule has 0 aliphatic carbocycles. The van der Waals surface area contributed by atoms with E-state index >= 15 is 0 Å². The number of phosphoric ester groups is 1. The van der Waals surface area contributed by atoms with E-state index in [1.165, 1.54) is 10.5 Å². The molecular formula is C48H77N8O14PS. The minimum absolute atomic E-state index is 0.00182. The number of phosphoric acid groups is 1. The quantitative estimate of drug-likeness (QED) is 0.0260. The molecule has 1 fully saturated rings. The SMILES string of the molecule is CC(C)C[C@H](NC(=O)[C@@H]1CCCN1C(=O)CCOCCOCCNC(=O)[C@@H](N)CS)C(=O)C[C@@H](Cc1cncn1CCCCCCc1ccccc1)C(=O)N[C@@H](CO)C(=O)C[C@H](C(N)=O)[C@@H](C)OP(=O)(O)O. The van der Waals surface area contributed by atoms with Crippen LogP contribution in [0.25, 0.3) is 0 Å². The summed E-state index contributed by atoms with van der Waals surface area (Å²) in [5, 5.41) is 18.3. The molecule has 7 atom stereocenters. The van der Waals surface area contributed by atoms with Crippen molar-refractivity contribution in [3.05, 3.63) is 54.1 Å². The predicted molar refractivity (Wildman–Crippen MR) is 269 cm³/mol. The molecule has 5 amide bonds. The highest BCUT2D eigenvalue weighted by molar-refractivity contribution is 7.80. The summed E-state index contributed by atoms with van der Waals surface area (Å²) in [5.41, 5.74) is 13.0. The van der Waals surface area contributed by atoms with E-state index < -0.39 is 98.7 Å². The number of nitrogens with one attached hydrogen (secondary N) is 3. The van der Waals surface area contributed by atoms with E-state index in [1.807, 2.05) is 36.6 Å². The number of aryl methyl sites for hydroxylation is 2. The van der Waals surface area contributed by atoms with Crippen molar-refractivity contribution >= 4 is 61.6 Å². The Morgan fingerprint density at radius 2 is 1.58 bits per heavy atom. The zero-order valence-corrected chi connectivity index (χ0v) is 43.5. The fourth-order valence-electron chi connectivity index (χ4n) is 8.32. The fourth-order valence-corrected chi connectivity index (χ4v) is 9.07. The van der Waals surface area contributed by atoms with Crippen LogP contribution in [-0.2, 0) is 71.5 Å². The number of unbranched alkanes of at least 4 members (excludes halogenated alkanes) is 3. The number of amides is 5. The van der Waals surface area contributed by atoms with Gasteiger partial charge in [-0.05, 0) is 56.9 Å². The number of aromatic nitrogens is 2. The molecule has 1 aliphatic heterocycles. The van der Waals surface area contributed by atoms with Crippen LogP contribution in [0.2, 0.25) is 0 Å². The van der Waals surface area contributed by atoms with Crippen molar-refractivity contribution in [1.82, 2.24) is 30.4 Å². The number of thiol groups is 1. The second-order valence-corrected chi connectivity index (χ2v) is 20.1. The topological polar surface area (TPSA) is 334 Å². The van der Waals surface area contributed by atoms with Crippen molar-refractivity contribution in [2.24, 2.45) is 29.2 Å². The Morgan fingerprint density at radius 1 is 0.903 bits per heavy atom. The van der Waals surface area contributed by atoms with Crippen LogP contribution in [0.5, 0.6) is 0 Å². The average molecular weight is 1050 g/mol. The summed E-state index contributed by atoms with van der Waals surface area (Å²) in [7, 11) is -5.09. The Bertz CT molecular complexity index is 2080. The van der Waals surface area contributed by atoms with Crippen molar-refractivity contribution in [2.75, 3.05) is 51.9 Å². The number of ether oxygens (including phenoxy) is 2. The number of benzene rings is 1. The van der Waals surface area contributed by atoms with Gasteiger partial charge in [0.15, 0.2) is 11.6 Å². The van der Waals surface area contributed by atoms with Gasteiger partial charge in [0.05, 0.1) is 75.8 Å². The summed E-state index contributed by atoms with van der Waals surface area (Å²) in [6, 6.07) is 5.98. The number of hydrogen-bond acceptors (Lipinski definition) is 15. The number of carbonyl (C=O) groups is 7. The Morgan fingerprint density at radius 3 is 2.24 bits per heavy atom. The number of ketones is 2. The van der Waals surface area contributed by atoms with Gasteiger partial charge in [-0.3, -0.25) is 38.1 Å². The number of carbonyl (C=O) groups excluding carboxylic acids is 7. The Balaban J connectivity index is 1.71. The van der Waals surface area contributed by atoms with Gasteiger partial charge in [0, 0.05) is 56.5 Å². The third-order valence-electron chi connectivity index (χ3n) is 12.3. The van der Waals surface area contributed by atoms with Crippen LogP contribution in [0, 0.1) is 17.8 Å². The van der Waals surface area contributed by atoms with Gasteiger partial charge in [-0.15, -0.1) is 0 Å². The van der Waals surface area contributed by atoms with Crippen molar-refractivity contribution in [1.29, 1.82) is 0 Å². The molecule has 22 nitrogen and oxygen atoms in total. The Labute approximate surface area is 427 Å². The molecule has 0 spiro atoms. The molecule has 1 aliphatic rings. The maximum absolute atomic E-state index is 14.4. The summed E-state index contributed by atoms with van der Waals surface area (Å²) in [5.74, 6) is -7.00. The van der Waals surface area contributed by atoms with Crippen LogP contribution < -0.4 is 27.4 Å². The van der Waals surface area contributed by atoms with Gasteiger partial charge >= 0.3 is 7.82 Å². The third-order valence-corrected chi connectivity index (χ3v) is 13.3. The number of hydrogen-bond donors (Lipinski definition) is 9. The third kappa shape index (κ3) is 22.7. The smallest absolute Gasteiger partial charge is 0.394 e. The van der Waals surface area contributed by atoms with Crippen LogP contribution in [0.1, 0.15) is 96.2 Å². The van der Waals surface area contributed by atoms with Crippen molar-refractivity contribution < 1.29 is 67.0 Å². The van der Waals surface area contributed by atoms with Gasteiger partial charge in [-0.1, -0.05) is 57.0 Å². The van der Waals surface area contributed by atoms with E-state index in [9.17, 15) is 53.0 Å². The van der Waals surface area contributed by atoms with Crippen LogP contribution in [0.15, 0.2) is 42.9 Å². The van der Waals surface area contributed by atoms with Crippen LogP contribution in [0.4, 0.5) is 0 Å². The normalized spacial score (nSPS) is 16.3. The summed E-state index contributed by atoms with van der Waals surface area (Å²) in [6.07, 6.45) is 6.36. The number of Topliss-reactive ketones (excluding diaryl/α,β-unsaturated/α-hetero) is 2. The summed E-state index contributed by atoms with van der Waals surface area (Å²) in [6.45, 7) is 5.86. The van der Waals surface area contributed by atoms with Gasteiger partial charge in [0.25, 0.3) is 0 Å². The number of rotatable bonds is 37. The first-order chi connectivity index (χ1) is 34.2. The lowest BCUT2D eigenvalue weighted by Crippen LogP contribution is -2.52. The molecule has 72 heavy (non-hydrogen) atoms. The predicted octanol–water partition coefficient (Wildman–Crippen LogP) is 1.16. The van der Waals surface area contributed by atoms with Crippen LogP contribution >= 0.6 is 20.5 Å². The molecule has 1 aromatic heterocycles. The summed E-state index contributed by atoms with van der Waals surface area (Å²) >= 11 is 3.99. The zero-order chi connectivity index (χ0) is 53.2. The number of nitrogens with two attached hydrogens (primary N) is 2. The Hall–Kier alpha value is -4.58. The number of likely N-dealkylation sites (tertiary alicyclic amines) is 1. The fraction of sp³-hybridized carbons (Fsp3) is 0.667. The number of imidazole rings is 1. The van der Waals surface area contributed by atoms with Gasteiger partial charge in [-0.25, -0.2) is 9.55 Å². The minimum atomic E-state index is -5.09. The summed E-state index contributed by atoms with van der Waals surface area (Å²) < 4.78 is 29.0. The van der Waals surface area contributed by atoms with E-state index in [1.54, 1.807) is 12.5 Å². The second kappa shape index (κ2) is 32.6. The lowest BCUT2D eigenvalue weighted by Gasteiger charge is -2.28. The minimum Gasteiger partial charge on any atom is -0.394 e. The monoisotopic (exact) mass is 1050 g/mol. The summed E-state index contributed by atoms with van der Waals surface area (Å²) in [4.78, 5) is 118. The van der Waals surface area contributed by atoms with Crippen molar-refractivity contribution in [3.63, 3.8) is 0 Å². The van der Waals surface area contributed by atoms with Gasteiger partial charge in [-0.2, -0.15) is 12.6 Å². The molecular weight excluding hydrogens is 976 g/mol. The second-order valence-electron chi connectivity index (χ2n) is 18.5. The molecule has 24 heteroatoms. The van der Waals surface area contributed by atoms with E-state index in [-0.39, 0.29) is 75.7 Å². The molecule has 2 heterocycles. The molecule has 1 saturated heterocycles. The lowest BCUT2D eigenvalue weighted by atomic mass is 9.89. The number of primary amides is 1. The maximum Gasteiger partial charge on any atom is 0.469 e. The molecule has 0 unspecified atom stereocenters. The van der Waals surface area contributed by atoms with Crippen molar-refractivity contribution in [3.8, 4) is 0 Å². The van der Waals surface area contributed by atoms with E-state index in [0.29, 0.717) is 31.6 Å². The van der Waals surface area contributed by atoms with Crippen molar-refractivity contribution in [2.45, 2.75) is 135 Å². The standard InChI is InChI=1S/C48H77N8O14PS/c1-32(2)24-39(53-48(64)41-15-11-19-56(41)44(60)16-20-68-22-23-69-21-17-52-47(63)38(49)30-72)42(58)26-35(25-36-28-51-31-55(36)18-10-5-4-7-12-34-13-8-6-9-14-34)46(62)54-40(29-57)43(59)27-37(45(50)61)33(3)70-71(65,66)67/h6,8-9,13-14,28,31-33,35,37-41,57,72H,4-5,7,10-12,15-27,29-30,49H2,1-3H3,(H2,50,61)(H,52,63)(H,53,64)(H,54,62)(H2,65,66,67)/t33-,35-,37+,38+,39+,40+,41+/m1/s1. The first-order valence-electron chi connectivity index (χ1n) is 24.7. The maximum atomic E-state index is 14.4. The molecule has 0 bridgehead atoms. The average Bonchev–Trinajstić information content (AvgIpc) is 4.01. The molecule has 2 aromatic rings. The molecule has 404 valence electrons. The Kier molecular flexibility index (Phi) is 27.9. The van der Waals surface area contributed by atoms with Gasteiger partial charge < -0.3 is 61.3 Å². The highest BCUT2D eigenvalue weighted by Gasteiger charge is 2.38. The highest BCUT2D eigenvalue weighted by Crippen LogP contribution is 2.39. The first-order valence-corrected chi connectivity index (χ1v) is 26.8. The molecule has 3 rings (SSSR count). The molecule has 10 N–H and O–H groups in total. The van der Waals surface area contributed by atoms with E-state index in [0.717, 1.165) is 39.0 Å².